The van der Waals surface area contributed by atoms with Crippen molar-refractivity contribution in [2.75, 3.05) is 0 Å². The standard InChI is InChI=1S/C10H11BrO3/c1-2-7(10(13)14)8-5-6(11)3-4-9(8)12/h3-5,7,12H,2H2,1H3,(H,13,14). The van der Waals surface area contributed by atoms with Gasteiger partial charge in [0.05, 0.1) is 5.92 Å². The number of hydrogen-bond acceptors (Lipinski definition) is 2. The topological polar surface area (TPSA) is 57.5 Å². The third-order valence-electron chi connectivity index (χ3n) is 2.07. The SMILES string of the molecule is CCC(C(=O)O)c1cc(Br)ccc1O. The van der Waals surface area contributed by atoms with Crippen LogP contribution in [0.1, 0.15) is 24.8 Å². The van der Waals surface area contributed by atoms with Gasteiger partial charge in [0.2, 0.25) is 0 Å². The number of benzene rings is 1. The van der Waals surface area contributed by atoms with Gasteiger partial charge in [-0.3, -0.25) is 4.79 Å². The number of hydrogen-bond donors (Lipinski definition) is 2. The molecule has 3 nitrogen and oxygen atoms in total. The highest BCUT2D eigenvalue weighted by atomic mass is 79.9. The van der Waals surface area contributed by atoms with Crippen LogP contribution in [-0.4, -0.2) is 16.2 Å². The van der Waals surface area contributed by atoms with E-state index in [-0.39, 0.29) is 5.75 Å². The van der Waals surface area contributed by atoms with Crippen LogP contribution in [0.5, 0.6) is 5.75 Å². The molecule has 0 bridgehead atoms. The first-order valence-electron chi connectivity index (χ1n) is 4.27. The van der Waals surface area contributed by atoms with E-state index in [1.807, 2.05) is 0 Å². The van der Waals surface area contributed by atoms with E-state index in [1.54, 1.807) is 19.1 Å². The average molecular weight is 259 g/mol. The van der Waals surface area contributed by atoms with Gasteiger partial charge in [-0.05, 0) is 24.6 Å². The minimum atomic E-state index is -0.916. The van der Waals surface area contributed by atoms with E-state index in [2.05, 4.69) is 15.9 Å². The molecule has 0 radical (unpaired) electrons. The van der Waals surface area contributed by atoms with Crippen LogP contribution in [-0.2, 0) is 4.79 Å². The number of phenols is 1. The Morgan fingerprint density at radius 3 is 2.71 bits per heavy atom. The Morgan fingerprint density at radius 2 is 2.21 bits per heavy atom. The summed E-state index contributed by atoms with van der Waals surface area (Å²) in [6.45, 7) is 1.78. The number of carboxylic acid groups (broad SMARTS) is 1. The van der Waals surface area contributed by atoms with Crippen molar-refractivity contribution in [1.82, 2.24) is 0 Å². The van der Waals surface area contributed by atoms with Gasteiger partial charge in [-0.25, -0.2) is 0 Å². The van der Waals surface area contributed by atoms with E-state index < -0.39 is 11.9 Å². The molecule has 76 valence electrons. The molecule has 1 rings (SSSR count). The van der Waals surface area contributed by atoms with Crippen molar-refractivity contribution in [3.63, 3.8) is 0 Å². The lowest BCUT2D eigenvalue weighted by atomic mass is 9.96. The number of phenolic OH excluding ortho intramolecular Hbond substituents is 1. The maximum atomic E-state index is 10.9. The van der Waals surface area contributed by atoms with Gasteiger partial charge in [0.1, 0.15) is 5.75 Å². The van der Waals surface area contributed by atoms with Crippen molar-refractivity contribution in [3.05, 3.63) is 28.2 Å². The fourth-order valence-electron chi connectivity index (χ4n) is 1.33. The molecule has 14 heavy (non-hydrogen) atoms. The van der Waals surface area contributed by atoms with E-state index in [1.165, 1.54) is 6.07 Å². The smallest absolute Gasteiger partial charge is 0.311 e. The zero-order valence-corrected chi connectivity index (χ0v) is 9.28. The molecular formula is C10H11BrO3. The predicted molar refractivity (Wildman–Crippen MR) is 56.5 cm³/mol. The summed E-state index contributed by atoms with van der Waals surface area (Å²) in [5.74, 6) is -1.53. The quantitative estimate of drug-likeness (QED) is 0.877. The second kappa shape index (κ2) is 4.46. The fraction of sp³-hybridized carbons (Fsp3) is 0.300. The lowest BCUT2D eigenvalue weighted by Crippen LogP contribution is -2.10. The minimum Gasteiger partial charge on any atom is -0.508 e. The molecule has 0 amide bonds. The average Bonchev–Trinajstić information content (AvgIpc) is 2.11. The molecular weight excluding hydrogens is 248 g/mol. The Hall–Kier alpha value is -1.03. The summed E-state index contributed by atoms with van der Waals surface area (Å²) >= 11 is 3.24. The van der Waals surface area contributed by atoms with Gasteiger partial charge in [-0.1, -0.05) is 22.9 Å². The van der Waals surface area contributed by atoms with E-state index >= 15 is 0 Å². The zero-order chi connectivity index (χ0) is 10.7. The maximum Gasteiger partial charge on any atom is 0.311 e. The van der Waals surface area contributed by atoms with Crippen LogP contribution in [0.2, 0.25) is 0 Å². The molecule has 0 aliphatic heterocycles. The lowest BCUT2D eigenvalue weighted by Gasteiger charge is -2.12. The highest BCUT2D eigenvalue weighted by Gasteiger charge is 2.20. The van der Waals surface area contributed by atoms with Gasteiger partial charge in [0.25, 0.3) is 0 Å². The molecule has 0 saturated carbocycles. The normalized spacial score (nSPS) is 12.4. The number of carbonyl (C=O) groups is 1. The first kappa shape index (κ1) is 11.0. The molecule has 0 aliphatic carbocycles. The summed E-state index contributed by atoms with van der Waals surface area (Å²) in [6.07, 6.45) is 0.458. The van der Waals surface area contributed by atoms with Gasteiger partial charge in [0, 0.05) is 10.0 Å². The maximum absolute atomic E-state index is 10.9. The Bertz CT molecular complexity index is 349. The summed E-state index contributed by atoms with van der Waals surface area (Å²) in [6, 6.07) is 4.80. The van der Waals surface area contributed by atoms with Crippen LogP contribution in [0.25, 0.3) is 0 Å². The van der Waals surface area contributed by atoms with Crippen molar-refractivity contribution in [3.8, 4) is 5.75 Å². The molecule has 0 aromatic heterocycles. The van der Waals surface area contributed by atoms with Crippen LogP contribution in [0.15, 0.2) is 22.7 Å². The third kappa shape index (κ3) is 2.26. The highest BCUT2D eigenvalue weighted by Crippen LogP contribution is 2.30. The molecule has 1 aromatic carbocycles. The summed E-state index contributed by atoms with van der Waals surface area (Å²) < 4.78 is 0.769. The van der Waals surface area contributed by atoms with Crippen molar-refractivity contribution < 1.29 is 15.0 Å². The van der Waals surface area contributed by atoms with Gasteiger partial charge >= 0.3 is 5.97 Å². The second-order valence-electron chi connectivity index (χ2n) is 3.00. The molecule has 1 atom stereocenters. The lowest BCUT2D eigenvalue weighted by molar-refractivity contribution is -0.138. The summed E-state index contributed by atoms with van der Waals surface area (Å²) in [7, 11) is 0. The van der Waals surface area contributed by atoms with Gasteiger partial charge in [-0.15, -0.1) is 0 Å². The van der Waals surface area contributed by atoms with E-state index in [0.29, 0.717) is 12.0 Å². The molecule has 2 N–H and O–H groups in total. The van der Waals surface area contributed by atoms with Crippen LogP contribution in [0.3, 0.4) is 0 Å². The van der Waals surface area contributed by atoms with Crippen molar-refractivity contribution in [2.24, 2.45) is 0 Å². The zero-order valence-electron chi connectivity index (χ0n) is 7.70. The Labute approximate surface area is 90.5 Å². The molecule has 0 saturated heterocycles. The number of halogens is 1. The largest absolute Gasteiger partial charge is 0.508 e. The Morgan fingerprint density at radius 1 is 1.57 bits per heavy atom. The van der Waals surface area contributed by atoms with Crippen molar-refractivity contribution in [2.45, 2.75) is 19.3 Å². The van der Waals surface area contributed by atoms with Gasteiger partial charge < -0.3 is 10.2 Å². The molecule has 0 heterocycles. The number of aliphatic carboxylic acids is 1. The number of aromatic hydroxyl groups is 1. The third-order valence-corrected chi connectivity index (χ3v) is 2.56. The summed E-state index contributed by atoms with van der Waals surface area (Å²) in [5.41, 5.74) is 0.453. The van der Waals surface area contributed by atoms with Gasteiger partial charge in [0.15, 0.2) is 0 Å². The molecule has 4 heteroatoms. The summed E-state index contributed by atoms with van der Waals surface area (Å²) in [4.78, 5) is 10.9. The number of carboxylic acids is 1. The van der Waals surface area contributed by atoms with Crippen LogP contribution < -0.4 is 0 Å². The summed E-state index contributed by atoms with van der Waals surface area (Å²) in [5, 5.41) is 18.4. The van der Waals surface area contributed by atoms with Crippen molar-refractivity contribution >= 4 is 21.9 Å². The number of rotatable bonds is 3. The second-order valence-corrected chi connectivity index (χ2v) is 3.92. The monoisotopic (exact) mass is 258 g/mol. The molecule has 0 spiro atoms. The van der Waals surface area contributed by atoms with Gasteiger partial charge in [-0.2, -0.15) is 0 Å². The fourth-order valence-corrected chi connectivity index (χ4v) is 1.71. The molecule has 1 aromatic rings. The van der Waals surface area contributed by atoms with Crippen molar-refractivity contribution in [1.29, 1.82) is 0 Å². The van der Waals surface area contributed by atoms with Crippen LogP contribution >= 0.6 is 15.9 Å². The first-order valence-corrected chi connectivity index (χ1v) is 5.06. The van der Waals surface area contributed by atoms with Crippen LogP contribution in [0, 0.1) is 0 Å². The Kier molecular flexibility index (Phi) is 3.52. The predicted octanol–water partition coefficient (Wildman–Crippen LogP) is 2.73. The van der Waals surface area contributed by atoms with E-state index in [9.17, 15) is 9.90 Å². The highest BCUT2D eigenvalue weighted by molar-refractivity contribution is 9.10. The van der Waals surface area contributed by atoms with E-state index in [4.69, 9.17) is 5.11 Å². The Balaban J connectivity index is 3.15. The van der Waals surface area contributed by atoms with Crippen LogP contribution in [0.4, 0.5) is 0 Å². The minimum absolute atomic E-state index is 0.0300. The molecule has 0 aliphatic rings. The molecule has 1 unspecified atom stereocenters. The molecule has 0 fully saturated rings. The first-order chi connectivity index (χ1) is 6.56. The van der Waals surface area contributed by atoms with E-state index in [0.717, 1.165) is 4.47 Å².